The number of aromatic nitrogens is 5. The van der Waals surface area contributed by atoms with E-state index >= 15 is 0 Å². The minimum absolute atomic E-state index is 0.516. The number of hydrogen-bond donors (Lipinski definition) is 0. The molecule has 38 heavy (non-hydrogen) atoms. The number of likely N-dealkylation sites (tertiary alicyclic amines) is 1. The van der Waals surface area contributed by atoms with Crippen molar-refractivity contribution in [3.63, 3.8) is 0 Å². The highest BCUT2D eigenvalue weighted by atomic mass is 15.3. The van der Waals surface area contributed by atoms with Gasteiger partial charge in [0.2, 0.25) is 0 Å². The van der Waals surface area contributed by atoms with Crippen LogP contribution in [0.3, 0.4) is 0 Å². The smallest absolute Gasteiger partial charge is 0.110 e. The van der Waals surface area contributed by atoms with Crippen LogP contribution >= 0.6 is 0 Å². The number of nitrogens with zero attached hydrogens (tertiary/aromatic N) is 9. The van der Waals surface area contributed by atoms with E-state index < -0.39 is 0 Å². The fourth-order valence-electron chi connectivity index (χ4n) is 5.78. The van der Waals surface area contributed by atoms with Gasteiger partial charge in [0.15, 0.2) is 0 Å². The maximum absolute atomic E-state index is 9.69. The van der Waals surface area contributed by atoms with Crippen molar-refractivity contribution in [3.8, 4) is 28.6 Å². The first-order valence-electron chi connectivity index (χ1n) is 13.4. The molecule has 5 heterocycles. The van der Waals surface area contributed by atoms with Crippen molar-refractivity contribution >= 4 is 11.2 Å². The standard InChI is InChI=1S/C29H33N9/c1-3-10-35-11-8-26(9-12-35)37-15-13-36(14-16-37)25-6-4-22(5-7-25)28-29-23(17-30)18-32-38(29)21-27(33-28)24-19-31-34(2)20-24/h3-7,10,18-21,26H,8-9,11-16H2,1-2H3. The molecular formula is C29H33N9. The lowest BCUT2D eigenvalue weighted by Crippen LogP contribution is -2.52. The second-order valence-corrected chi connectivity index (χ2v) is 10.2. The number of anilines is 1. The van der Waals surface area contributed by atoms with Gasteiger partial charge >= 0.3 is 0 Å². The van der Waals surface area contributed by atoms with Crippen molar-refractivity contribution < 1.29 is 0 Å². The fraction of sp³-hybridized carbons (Fsp3) is 0.379. The highest BCUT2D eigenvalue weighted by molar-refractivity contribution is 5.83. The van der Waals surface area contributed by atoms with Crippen LogP contribution in [0.2, 0.25) is 0 Å². The van der Waals surface area contributed by atoms with Crippen LogP contribution in [0.1, 0.15) is 25.3 Å². The van der Waals surface area contributed by atoms with Gasteiger partial charge in [-0.15, -0.1) is 0 Å². The molecule has 2 saturated heterocycles. The number of aryl methyl sites for hydroxylation is 1. The molecule has 2 aliphatic heterocycles. The molecule has 4 aromatic rings. The highest BCUT2D eigenvalue weighted by Gasteiger charge is 2.27. The van der Waals surface area contributed by atoms with E-state index in [1.165, 1.54) is 18.5 Å². The predicted octanol–water partition coefficient (Wildman–Crippen LogP) is 3.79. The summed E-state index contributed by atoms with van der Waals surface area (Å²) >= 11 is 0. The Hall–Kier alpha value is -4.16. The monoisotopic (exact) mass is 507 g/mol. The van der Waals surface area contributed by atoms with Crippen molar-refractivity contribution in [2.45, 2.75) is 25.8 Å². The van der Waals surface area contributed by atoms with E-state index in [1.54, 1.807) is 21.6 Å². The van der Waals surface area contributed by atoms with E-state index in [-0.39, 0.29) is 0 Å². The molecule has 0 amide bonds. The summed E-state index contributed by atoms with van der Waals surface area (Å²) in [5.74, 6) is 0. The fourth-order valence-corrected chi connectivity index (χ4v) is 5.78. The van der Waals surface area contributed by atoms with E-state index in [4.69, 9.17) is 4.98 Å². The van der Waals surface area contributed by atoms with Gasteiger partial charge in [-0.25, -0.2) is 9.50 Å². The minimum Gasteiger partial charge on any atom is -0.378 e. The summed E-state index contributed by atoms with van der Waals surface area (Å²) in [5.41, 5.74) is 5.86. The molecule has 0 saturated carbocycles. The number of benzene rings is 1. The Morgan fingerprint density at radius 3 is 2.34 bits per heavy atom. The molecule has 9 heteroatoms. The topological polar surface area (TPSA) is 81.5 Å². The molecule has 9 nitrogen and oxygen atoms in total. The maximum atomic E-state index is 9.69. The summed E-state index contributed by atoms with van der Waals surface area (Å²) < 4.78 is 3.51. The molecule has 0 radical (unpaired) electrons. The van der Waals surface area contributed by atoms with Crippen LogP contribution in [0.25, 0.3) is 28.0 Å². The number of nitriles is 1. The summed E-state index contributed by atoms with van der Waals surface area (Å²) in [4.78, 5) is 12.6. The summed E-state index contributed by atoms with van der Waals surface area (Å²) in [6.07, 6.45) is 14.0. The van der Waals surface area contributed by atoms with Crippen LogP contribution in [-0.2, 0) is 7.05 Å². The lowest BCUT2D eigenvalue weighted by molar-refractivity contribution is 0.122. The molecule has 0 atom stereocenters. The van der Waals surface area contributed by atoms with Gasteiger partial charge in [-0.1, -0.05) is 18.2 Å². The first-order valence-corrected chi connectivity index (χ1v) is 13.4. The molecule has 0 spiro atoms. The number of piperazine rings is 1. The van der Waals surface area contributed by atoms with Gasteiger partial charge in [-0.2, -0.15) is 15.5 Å². The summed E-state index contributed by atoms with van der Waals surface area (Å²) in [5, 5.41) is 18.4. The van der Waals surface area contributed by atoms with E-state index in [0.717, 1.165) is 67.3 Å². The normalized spacial score (nSPS) is 17.5. The van der Waals surface area contributed by atoms with Crippen molar-refractivity contribution in [1.29, 1.82) is 5.26 Å². The molecule has 1 aromatic carbocycles. The number of rotatable bonds is 5. The summed E-state index contributed by atoms with van der Waals surface area (Å²) in [6, 6.07) is 11.6. The molecular weight excluding hydrogens is 474 g/mol. The van der Waals surface area contributed by atoms with Gasteiger partial charge in [-0.05, 0) is 38.1 Å². The van der Waals surface area contributed by atoms with Crippen molar-refractivity contribution in [3.05, 3.63) is 66.9 Å². The van der Waals surface area contributed by atoms with Crippen LogP contribution in [0.4, 0.5) is 5.69 Å². The van der Waals surface area contributed by atoms with E-state index in [1.807, 2.05) is 19.4 Å². The number of fused-ring (bicyclic) bond motifs is 1. The number of piperidine rings is 1. The zero-order valence-electron chi connectivity index (χ0n) is 22.0. The average Bonchev–Trinajstić information content (AvgIpc) is 3.59. The Morgan fingerprint density at radius 1 is 0.921 bits per heavy atom. The Morgan fingerprint density at radius 2 is 1.68 bits per heavy atom. The van der Waals surface area contributed by atoms with Crippen LogP contribution in [0.5, 0.6) is 0 Å². The zero-order chi connectivity index (χ0) is 26.1. The summed E-state index contributed by atoms with van der Waals surface area (Å²) in [7, 11) is 1.89. The van der Waals surface area contributed by atoms with E-state index in [2.05, 4.69) is 74.4 Å². The molecule has 2 aliphatic rings. The van der Waals surface area contributed by atoms with Crippen molar-refractivity contribution in [2.75, 3.05) is 44.2 Å². The minimum atomic E-state index is 0.516. The third-order valence-electron chi connectivity index (χ3n) is 7.81. The second-order valence-electron chi connectivity index (χ2n) is 10.2. The summed E-state index contributed by atoms with van der Waals surface area (Å²) in [6.45, 7) is 8.69. The van der Waals surface area contributed by atoms with Crippen LogP contribution in [0, 0.1) is 11.3 Å². The van der Waals surface area contributed by atoms with Crippen LogP contribution < -0.4 is 4.90 Å². The molecule has 2 fully saturated rings. The maximum Gasteiger partial charge on any atom is 0.110 e. The quantitative estimate of drug-likeness (QED) is 0.407. The molecule has 0 N–H and O–H groups in total. The predicted molar refractivity (Wildman–Crippen MR) is 149 cm³/mol. The van der Waals surface area contributed by atoms with Gasteiger partial charge in [0.1, 0.15) is 17.1 Å². The average molecular weight is 508 g/mol. The van der Waals surface area contributed by atoms with Gasteiger partial charge in [0.05, 0.1) is 30.0 Å². The van der Waals surface area contributed by atoms with Crippen LogP contribution in [-0.4, -0.2) is 79.5 Å². The first-order chi connectivity index (χ1) is 18.6. The molecule has 0 aliphatic carbocycles. The van der Waals surface area contributed by atoms with Crippen LogP contribution in [0.15, 0.2) is 61.3 Å². The molecule has 0 unspecified atom stereocenters. The number of hydrogen-bond acceptors (Lipinski definition) is 7. The Labute approximate surface area is 223 Å². The van der Waals surface area contributed by atoms with Gasteiger partial charge in [0.25, 0.3) is 0 Å². The van der Waals surface area contributed by atoms with Gasteiger partial charge in [-0.3, -0.25) is 9.58 Å². The van der Waals surface area contributed by atoms with Gasteiger partial charge in [0, 0.05) is 75.4 Å². The molecule has 0 bridgehead atoms. The van der Waals surface area contributed by atoms with Gasteiger partial charge < -0.3 is 9.80 Å². The Kier molecular flexibility index (Phi) is 6.56. The Bertz CT molecular complexity index is 1470. The van der Waals surface area contributed by atoms with Crippen molar-refractivity contribution in [1.82, 2.24) is 34.2 Å². The lowest BCUT2D eigenvalue weighted by atomic mass is 10.0. The third kappa shape index (κ3) is 4.63. The van der Waals surface area contributed by atoms with E-state index in [9.17, 15) is 5.26 Å². The van der Waals surface area contributed by atoms with Crippen molar-refractivity contribution in [2.24, 2.45) is 7.05 Å². The molecule has 3 aromatic heterocycles. The third-order valence-corrected chi connectivity index (χ3v) is 7.81. The lowest BCUT2D eigenvalue weighted by Gasteiger charge is -2.43. The molecule has 6 rings (SSSR count). The second kappa shape index (κ2) is 10.3. The molecule has 194 valence electrons. The Balaban J connectivity index is 1.19. The zero-order valence-corrected chi connectivity index (χ0v) is 22.0. The van der Waals surface area contributed by atoms with E-state index in [0.29, 0.717) is 11.6 Å². The largest absolute Gasteiger partial charge is 0.378 e. The number of allylic oxidation sites excluding steroid dienone is 1. The highest BCUT2D eigenvalue weighted by Crippen LogP contribution is 2.30. The SMILES string of the molecule is CC=CN1CCC(N2CCN(c3ccc(-c4nc(-c5cnn(C)c5)cn5ncc(C#N)c45)cc3)CC2)CC1. The first kappa shape index (κ1) is 24.2.